The molecule has 1 amide bonds. The van der Waals surface area contributed by atoms with Gasteiger partial charge >= 0.3 is 6.09 Å². The van der Waals surface area contributed by atoms with E-state index in [1.807, 2.05) is 32.9 Å². The molecule has 0 radical (unpaired) electrons. The molecule has 2 rings (SSSR count). The summed E-state index contributed by atoms with van der Waals surface area (Å²) in [6.07, 6.45) is -0.343. The van der Waals surface area contributed by atoms with Gasteiger partial charge in [0.25, 0.3) is 8.32 Å². The Morgan fingerprint density at radius 2 is 1.31 bits per heavy atom. The third-order valence-corrected chi connectivity index (χ3v) is 10.3. The first kappa shape index (κ1) is 26.1. The summed E-state index contributed by atoms with van der Waals surface area (Å²) in [7, 11) is -0.822. The van der Waals surface area contributed by atoms with Crippen LogP contribution in [-0.4, -0.2) is 58.3 Å². The highest BCUT2D eigenvalue weighted by Crippen LogP contribution is 2.36. The summed E-state index contributed by atoms with van der Waals surface area (Å²) in [5.74, 6) is 0. The molecule has 0 spiro atoms. The number of amides is 1. The van der Waals surface area contributed by atoms with Gasteiger partial charge in [0, 0.05) is 13.6 Å². The average molecular weight is 458 g/mol. The van der Waals surface area contributed by atoms with E-state index in [0.29, 0.717) is 26.4 Å². The van der Waals surface area contributed by atoms with Crippen molar-refractivity contribution in [3.8, 4) is 0 Å². The molecule has 32 heavy (non-hydrogen) atoms. The number of rotatable bonds is 9. The molecule has 176 valence electrons. The number of carbonyl (C=O) groups excluding carboxylic acids is 1. The van der Waals surface area contributed by atoms with Gasteiger partial charge in [-0.1, -0.05) is 81.4 Å². The number of hydrogen-bond acceptors (Lipinski definition) is 4. The summed E-state index contributed by atoms with van der Waals surface area (Å²) in [4.78, 5) is 13.6. The largest absolute Gasteiger partial charge is 0.444 e. The maximum Gasteiger partial charge on any atom is 0.410 e. The minimum absolute atomic E-state index is 0.0629. The molecule has 0 unspecified atom stereocenters. The molecular weight excluding hydrogens is 418 g/mol. The van der Waals surface area contributed by atoms with Gasteiger partial charge in [0.05, 0.1) is 19.8 Å². The number of nitrogens with zero attached hydrogens (tertiary/aromatic N) is 1. The minimum Gasteiger partial charge on any atom is -0.444 e. The molecule has 2 aromatic rings. The van der Waals surface area contributed by atoms with E-state index in [1.165, 1.54) is 15.3 Å². The molecule has 0 saturated heterocycles. The number of benzene rings is 2. The third kappa shape index (κ3) is 6.92. The average Bonchev–Trinajstić information content (AvgIpc) is 2.72. The molecule has 0 atom stereocenters. The topological polar surface area (TPSA) is 48.0 Å². The van der Waals surface area contributed by atoms with Crippen LogP contribution < -0.4 is 10.4 Å². The van der Waals surface area contributed by atoms with E-state index in [9.17, 15) is 4.79 Å². The second-order valence-corrected chi connectivity index (χ2v) is 14.3. The van der Waals surface area contributed by atoms with Crippen molar-refractivity contribution in [1.29, 1.82) is 0 Å². The molecule has 2 aromatic carbocycles. The van der Waals surface area contributed by atoms with Crippen molar-refractivity contribution in [2.45, 2.75) is 52.2 Å². The van der Waals surface area contributed by atoms with Gasteiger partial charge in [-0.05, 0) is 36.2 Å². The van der Waals surface area contributed by atoms with E-state index in [0.717, 1.165) is 0 Å². The molecule has 0 aromatic heterocycles. The van der Waals surface area contributed by atoms with Crippen LogP contribution in [0.2, 0.25) is 5.04 Å². The number of likely N-dealkylation sites (N-methyl/N-ethyl adjacent to an activating group) is 1. The van der Waals surface area contributed by atoms with Crippen LogP contribution in [0.1, 0.15) is 41.5 Å². The van der Waals surface area contributed by atoms with Crippen LogP contribution in [0.4, 0.5) is 4.79 Å². The van der Waals surface area contributed by atoms with Crippen molar-refractivity contribution in [1.82, 2.24) is 4.90 Å². The Labute approximate surface area is 194 Å². The Morgan fingerprint density at radius 3 is 1.75 bits per heavy atom. The van der Waals surface area contributed by atoms with Gasteiger partial charge in [0.15, 0.2) is 0 Å². The van der Waals surface area contributed by atoms with E-state index < -0.39 is 13.9 Å². The van der Waals surface area contributed by atoms with E-state index in [1.54, 1.807) is 7.05 Å². The SMILES string of the molecule is CN(CCOCCO[Si](c1ccccc1)(c1ccccc1)C(C)(C)C)C(=O)OC(C)(C)C. The standard InChI is InChI=1S/C26H39NO4Si/c1-25(2,3)31-24(28)27(7)18-19-29-20-21-30-32(26(4,5)6,22-14-10-8-11-15-22)23-16-12-9-13-17-23/h8-17H,18-21H2,1-7H3. The van der Waals surface area contributed by atoms with Crippen molar-refractivity contribution in [2.24, 2.45) is 0 Å². The Hall–Kier alpha value is -2.15. The highest BCUT2D eigenvalue weighted by molar-refractivity contribution is 6.99. The summed E-state index contributed by atoms with van der Waals surface area (Å²) in [6, 6.07) is 21.1. The van der Waals surface area contributed by atoms with Gasteiger partial charge in [0.2, 0.25) is 0 Å². The van der Waals surface area contributed by atoms with Crippen LogP contribution in [0.25, 0.3) is 0 Å². The van der Waals surface area contributed by atoms with Gasteiger partial charge in [-0.25, -0.2) is 4.79 Å². The zero-order valence-corrected chi connectivity index (χ0v) is 21.7. The fourth-order valence-corrected chi connectivity index (χ4v) is 8.29. The van der Waals surface area contributed by atoms with Crippen LogP contribution in [0.5, 0.6) is 0 Å². The third-order valence-electron chi connectivity index (χ3n) is 5.24. The van der Waals surface area contributed by atoms with E-state index in [2.05, 4.69) is 69.3 Å². The lowest BCUT2D eigenvalue weighted by Gasteiger charge is -2.43. The second kappa shape index (κ2) is 11.1. The van der Waals surface area contributed by atoms with Gasteiger partial charge in [-0.2, -0.15) is 0 Å². The van der Waals surface area contributed by atoms with E-state index in [4.69, 9.17) is 13.9 Å². The number of hydrogen-bond donors (Lipinski definition) is 0. The van der Waals surface area contributed by atoms with Crippen LogP contribution in [0, 0.1) is 0 Å². The first-order valence-electron chi connectivity index (χ1n) is 11.2. The van der Waals surface area contributed by atoms with E-state index in [-0.39, 0.29) is 11.1 Å². The van der Waals surface area contributed by atoms with Crippen LogP contribution in [0.3, 0.4) is 0 Å². The van der Waals surface area contributed by atoms with Gasteiger partial charge < -0.3 is 18.8 Å². The molecule has 0 aliphatic rings. The first-order valence-corrected chi connectivity index (χ1v) is 13.1. The monoisotopic (exact) mass is 457 g/mol. The molecule has 0 aliphatic carbocycles. The molecule has 0 bridgehead atoms. The lowest BCUT2D eigenvalue weighted by atomic mass is 10.2. The van der Waals surface area contributed by atoms with Gasteiger partial charge in [0.1, 0.15) is 5.60 Å². The normalized spacial score (nSPS) is 12.5. The molecular formula is C26H39NO4Si. The molecule has 6 heteroatoms. The Kier molecular flexibility index (Phi) is 9.07. The predicted octanol–water partition coefficient (Wildman–Crippen LogP) is 4.45. The summed E-state index contributed by atoms with van der Waals surface area (Å²) in [5.41, 5.74) is -0.504. The quantitative estimate of drug-likeness (QED) is 0.412. The zero-order chi connectivity index (χ0) is 23.8. The van der Waals surface area contributed by atoms with Crippen LogP contribution in [-0.2, 0) is 13.9 Å². The van der Waals surface area contributed by atoms with Gasteiger partial charge in [-0.15, -0.1) is 0 Å². The first-order chi connectivity index (χ1) is 15.0. The fraction of sp³-hybridized carbons (Fsp3) is 0.500. The van der Waals surface area contributed by atoms with Gasteiger partial charge in [-0.3, -0.25) is 0 Å². The molecule has 0 fully saturated rings. The molecule has 0 saturated carbocycles. The van der Waals surface area contributed by atoms with Crippen molar-refractivity contribution in [3.63, 3.8) is 0 Å². The molecule has 0 heterocycles. The summed E-state index contributed by atoms with van der Waals surface area (Å²) in [5, 5.41) is 2.44. The zero-order valence-electron chi connectivity index (χ0n) is 20.7. The maximum atomic E-state index is 12.1. The van der Waals surface area contributed by atoms with E-state index >= 15 is 0 Å². The fourth-order valence-electron chi connectivity index (χ4n) is 3.75. The highest BCUT2D eigenvalue weighted by Gasteiger charge is 2.49. The maximum absolute atomic E-state index is 12.1. The Bertz CT molecular complexity index is 789. The lowest BCUT2D eigenvalue weighted by molar-refractivity contribution is 0.0214. The summed E-state index contributed by atoms with van der Waals surface area (Å²) < 4.78 is 18.0. The lowest BCUT2D eigenvalue weighted by Crippen LogP contribution is -2.66. The molecule has 0 aliphatic heterocycles. The molecule has 0 N–H and O–H groups in total. The van der Waals surface area contributed by atoms with Crippen molar-refractivity contribution < 1.29 is 18.7 Å². The van der Waals surface area contributed by atoms with Crippen molar-refractivity contribution in [2.75, 3.05) is 33.4 Å². The number of carbonyl (C=O) groups is 1. The van der Waals surface area contributed by atoms with Crippen LogP contribution >= 0.6 is 0 Å². The Balaban J connectivity index is 2.03. The van der Waals surface area contributed by atoms with Crippen molar-refractivity contribution >= 4 is 24.8 Å². The minimum atomic E-state index is -2.54. The smallest absolute Gasteiger partial charge is 0.410 e. The summed E-state index contributed by atoms with van der Waals surface area (Å²) >= 11 is 0. The van der Waals surface area contributed by atoms with Crippen molar-refractivity contribution in [3.05, 3.63) is 60.7 Å². The Morgan fingerprint density at radius 1 is 0.812 bits per heavy atom. The second-order valence-electron chi connectivity index (χ2n) is 10.0. The highest BCUT2D eigenvalue weighted by atomic mass is 28.4. The number of ether oxygens (including phenoxy) is 2. The van der Waals surface area contributed by atoms with Crippen LogP contribution in [0.15, 0.2) is 60.7 Å². The summed E-state index contributed by atoms with van der Waals surface area (Å²) in [6.45, 7) is 14.2. The molecule has 5 nitrogen and oxygen atoms in total. The predicted molar refractivity (Wildman–Crippen MR) is 133 cm³/mol.